The molecule has 0 heterocycles. The van der Waals surface area contributed by atoms with Crippen molar-refractivity contribution in [1.29, 1.82) is 3.76 Å². The Bertz CT molecular complexity index is 195. The van der Waals surface area contributed by atoms with Crippen molar-refractivity contribution in [3.05, 3.63) is 0 Å². The van der Waals surface area contributed by atoms with Crippen LogP contribution in [0.5, 0.6) is 0 Å². The van der Waals surface area contributed by atoms with Crippen molar-refractivity contribution in [3.63, 3.8) is 0 Å². The summed E-state index contributed by atoms with van der Waals surface area (Å²) in [5, 5.41) is 0. The number of nitrogens with one attached hydrogen (secondary N) is 1. The van der Waals surface area contributed by atoms with E-state index >= 15 is 0 Å². The van der Waals surface area contributed by atoms with E-state index in [1.807, 2.05) is 0 Å². The predicted molar refractivity (Wildman–Crippen MR) is 71.5 cm³/mol. The van der Waals surface area contributed by atoms with Crippen LogP contribution in [0.2, 0.25) is 0 Å². The molecule has 0 saturated carbocycles. The van der Waals surface area contributed by atoms with Gasteiger partial charge >= 0.3 is 112 Å². The van der Waals surface area contributed by atoms with Crippen LogP contribution in [0.15, 0.2) is 0 Å². The molecule has 0 aromatic heterocycles. The molecule has 0 aliphatic rings. The monoisotopic (exact) mass is 412 g/mol. The molecule has 0 bridgehead atoms. The molecule has 0 aliphatic carbocycles. The quantitative estimate of drug-likeness (QED) is 0.632. The maximum atomic E-state index is 9.19. The Morgan fingerprint density at radius 3 is 0.882 bits per heavy atom. The van der Waals surface area contributed by atoms with Gasteiger partial charge in [0, 0.05) is 0 Å². The van der Waals surface area contributed by atoms with Crippen LogP contribution in [-0.2, 0) is 17.7 Å². The van der Waals surface area contributed by atoms with Gasteiger partial charge in [-0.15, -0.1) is 0 Å². The van der Waals surface area contributed by atoms with E-state index in [-0.39, 0.29) is 0 Å². The minimum atomic E-state index is -3.32. The molecule has 0 aromatic rings. The van der Waals surface area contributed by atoms with Crippen LogP contribution >= 0.6 is 0 Å². The normalized spacial score (nSPS) is 13.0. The van der Waals surface area contributed by atoms with Crippen LogP contribution in [0.4, 0.5) is 0 Å². The van der Waals surface area contributed by atoms with Crippen molar-refractivity contribution in [2.45, 2.75) is 41.5 Å². The predicted octanol–water partition coefficient (Wildman–Crippen LogP) is 2.67. The Morgan fingerprint density at radius 1 is 0.588 bits per heavy atom. The molecule has 5 heteroatoms. The van der Waals surface area contributed by atoms with E-state index in [0.717, 1.165) is 39.3 Å². The fourth-order valence-electron chi connectivity index (χ4n) is 2.39. The van der Waals surface area contributed by atoms with E-state index in [9.17, 15) is 3.76 Å². The van der Waals surface area contributed by atoms with Crippen molar-refractivity contribution in [2.75, 3.05) is 39.3 Å². The Morgan fingerprint density at radius 2 is 0.765 bits per heavy atom. The van der Waals surface area contributed by atoms with Crippen LogP contribution in [0.1, 0.15) is 41.5 Å². The summed E-state index contributed by atoms with van der Waals surface area (Å²) in [6.07, 6.45) is 0. The molecule has 4 nitrogen and oxygen atoms in total. The summed E-state index contributed by atoms with van der Waals surface area (Å²) >= 11 is -3.32. The van der Waals surface area contributed by atoms with E-state index in [2.05, 4.69) is 51.5 Å². The Kier molecular flexibility index (Phi) is 8.72. The Hall–Kier alpha value is 0.420. The van der Waals surface area contributed by atoms with Crippen LogP contribution in [-0.4, -0.2) is 49.2 Å². The molecule has 1 N–H and O–H groups in total. The number of hydrogen-bond donors (Lipinski definition) is 1. The fraction of sp³-hybridized carbons (Fsp3) is 1.00. The van der Waals surface area contributed by atoms with Gasteiger partial charge in [-0.05, 0) is 0 Å². The molecule has 0 rings (SSSR count). The third kappa shape index (κ3) is 3.69. The molecular weight excluding hydrogens is 381 g/mol. The minimum absolute atomic E-state index is 1.01. The average Bonchev–Trinajstić information content (AvgIpc) is 2.33. The fourth-order valence-corrected chi connectivity index (χ4v) is 14.7. The van der Waals surface area contributed by atoms with E-state index in [4.69, 9.17) is 0 Å². The molecule has 0 atom stereocenters. The molecule has 17 heavy (non-hydrogen) atoms. The molecule has 0 unspecified atom stereocenters. The van der Waals surface area contributed by atoms with Gasteiger partial charge in [0.1, 0.15) is 0 Å². The number of hydrogen-bond acceptors (Lipinski definition) is 1. The SMILES string of the molecule is CC[N](CC)[Ta](=[NH])([N](CC)CC)[N](CC)CC. The van der Waals surface area contributed by atoms with Crippen LogP contribution in [0.25, 0.3) is 0 Å². The molecular formula is C12H31N4Ta. The van der Waals surface area contributed by atoms with Crippen LogP contribution in [0, 0.1) is 3.76 Å². The molecule has 104 valence electrons. The van der Waals surface area contributed by atoms with Gasteiger partial charge in [-0.2, -0.15) is 0 Å². The van der Waals surface area contributed by atoms with Crippen molar-refractivity contribution in [3.8, 4) is 0 Å². The second-order valence-electron chi connectivity index (χ2n) is 3.99. The molecule has 0 aromatic carbocycles. The summed E-state index contributed by atoms with van der Waals surface area (Å²) in [5.41, 5.74) is 0. The summed E-state index contributed by atoms with van der Waals surface area (Å²) in [7, 11) is 0. The van der Waals surface area contributed by atoms with Gasteiger partial charge in [-0.25, -0.2) is 0 Å². The Balaban J connectivity index is 5.38. The second-order valence-corrected chi connectivity index (χ2v) is 14.2. The third-order valence-corrected chi connectivity index (χ3v) is 18.0. The number of nitrogens with zero attached hydrogens (tertiary/aromatic N) is 3. The van der Waals surface area contributed by atoms with Crippen LogP contribution < -0.4 is 0 Å². The van der Waals surface area contributed by atoms with Gasteiger partial charge in [-0.1, -0.05) is 0 Å². The van der Waals surface area contributed by atoms with Gasteiger partial charge in [0.25, 0.3) is 0 Å². The second kappa shape index (κ2) is 8.51. The first kappa shape index (κ1) is 17.4. The molecule has 0 amide bonds. The van der Waals surface area contributed by atoms with Gasteiger partial charge in [-0.3, -0.25) is 0 Å². The van der Waals surface area contributed by atoms with Gasteiger partial charge < -0.3 is 0 Å². The van der Waals surface area contributed by atoms with E-state index in [1.54, 1.807) is 0 Å². The first-order chi connectivity index (χ1) is 8.06. The average molecular weight is 412 g/mol. The topological polar surface area (TPSA) is 33.6 Å². The van der Waals surface area contributed by atoms with Crippen molar-refractivity contribution in [1.82, 2.24) is 9.91 Å². The van der Waals surface area contributed by atoms with Crippen molar-refractivity contribution >= 4 is 0 Å². The van der Waals surface area contributed by atoms with Gasteiger partial charge in [0.2, 0.25) is 0 Å². The molecule has 0 aliphatic heterocycles. The zero-order valence-corrected chi connectivity index (χ0v) is 15.7. The summed E-state index contributed by atoms with van der Waals surface area (Å²) in [4.78, 5) is 0. The summed E-state index contributed by atoms with van der Waals surface area (Å²) in [6.45, 7) is 19.2. The van der Waals surface area contributed by atoms with E-state index in [0.29, 0.717) is 0 Å². The van der Waals surface area contributed by atoms with Crippen molar-refractivity contribution < 1.29 is 17.7 Å². The van der Waals surface area contributed by atoms with Gasteiger partial charge in [0.05, 0.1) is 0 Å². The van der Waals surface area contributed by atoms with E-state index < -0.39 is 17.7 Å². The first-order valence-electron chi connectivity index (χ1n) is 6.96. The zero-order chi connectivity index (χ0) is 13.5. The molecule has 0 fully saturated rings. The summed E-state index contributed by atoms with van der Waals surface area (Å²) < 4.78 is 16.5. The van der Waals surface area contributed by atoms with Crippen LogP contribution in [0.3, 0.4) is 0 Å². The Labute approximate surface area is 112 Å². The van der Waals surface area contributed by atoms with Crippen molar-refractivity contribution in [2.24, 2.45) is 0 Å². The zero-order valence-electron chi connectivity index (χ0n) is 12.5. The summed E-state index contributed by atoms with van der Waals surface area (Å²) in [5.74, 6) is 0. The molecule has 0 saturated heterocycles. The number of rotatable bonds is 9. The third-order valence-electron chi connectivity index (χ3n) is 3.37. The van der Waals surface area contributed by atoms with Gasteiger partial charge in [0.15, 0.2) is 0 Å². The molecule has 0 radical (unpaired) electrons. The first-order valence-corrected chi connectivity index (χ1v) is 12.9. The maximum absolute atomic E-state index is 9.19. The summed E-state index contributed by atoms with van der Waals surface area (Å²) in [6, 6.07) is 0. The standard InChI is InChI=1S/3C4H10N.HN.Ta/c3*1-3-5-4-2;;/h3*3-4H2,1-2H3;1H;/q3*-1;;+3. The van der Waals surface area contributed by atoms with E-state index in [1.165, 1.54) is 0 Å². The molecule has 0 spiro atoms.